The molecule has 7 nitrogen and oxygen atoms in total. The molecule has 2 rings (SSSR count). The largest absolute Gasteiger partial charge is 0.480 e. The molecule has 1 N–H and O–H groups in total. The third kappa shape index (κ3) is 3.30. The van der Waals surface area contributed by atoms with Crippen molar-refractivity contribution in [1.29, 1.82) is 5.26 Å². The first kappa shape index (κ1) is 14.0. The Bertz CT molecular complexity index is 682. The number of halogens is 1. The molecule has 9 heteroatoms. The van der Waals surface area contributed by atoms with E-state index in [0.29, 0.717) is 11.1 Å². The zero-order valence-electron chi connectivity index (χ0n) is 10.0. The predicted octanol–water partition coefficient (Wildman–Crippen LogP) is 1.06. The Morgan fingerprint density at radius 1 is 1.55 bits per heavy atom. The maximum Gasteiger partial charge on any atom is 0.325 e. The summed E-state index contributed by atoms with van der Waals surface area (Å²) < 4.78 is 14.7. The average Bonchev–Trinajstić information content (AvgIpc) is 2.84. The Labute approximate surface area is 117 Å². The maximum atomic E-state index is 13.6. The molecule has 0 spiro atoms. The number of rotatable bonds is 5. The number of carboxylic acid groups (broad SMARTS) is 1. The number of carbonyl (C=O) groups is 1. The van der Waals surface area contributed by atoms with E-state index < -0.39 is 11.8 Å². The molecule has 1 aromatic heterocycles. The van der Waals surface area contributed by atoms with Gasteiger partial charge in [0.05, 0.1) is 11.6 Å². The predicted molar refractivity (Wildman–Crippen MR) is 66.1 cm³/mol. The second-order valence-corrected chi connectivity index (χ2v) is 4.66. The smallest absolute Gasteiger partial charge is 0.325 e. The molecule has 20 heavy (non-hydrogen) atoms. The molecule has 1 heterocycles. The molecule has 0 aliphatic carbocycles. The van der Waals surface area contributed by atoms with E-state index in [0.717, 1.165) is 16.4 Å². The van der Waals surface area contributed by atoms with Crippen molar-refractivity contribution in [2.45, 2.75) is 17.5 Å². The lowest BCUT2D eigenvalue weighted by Crippen LogP contribution is -2.11. The topological polar surface area (TPSA) is 105 Å². The van der Waals surface area contributed by atoms with Crippen LogP contribution in [0.2, 0.25) is 0 Å². The zero-order valence-corrected chi connectivity index (χ0v) is 10.8. The van der Waals surface area contributed by atoms with Crippen molar-refractivity contribution in [3.8, 4) is 6.07 Å². The molecule has 0 saturated carbocycles. The van der Waals surface area contributed by atoms with Crippen LogP contribution in [0.3, 0.4) is 0 Å². The van der Waals surface area contributed by atoms with Crippen LogP contribution in [0.4, 0.5) is 4.39 Å². The van der Waals surface area contributed by atoms with E-state index in [1.165, 1.54) is 18.2 Å². The molecule has 0 saturated heterocycles. The Hall–Kier alpha value is -2.47. The number of carboxylic acids is 1. The number of aromatic nitrogens is 4. The highest BCUT2D eigenvalue weighted by Crippen LogP contribution is 2.22. The van der Waals surface area contributed by atoms with Gasteiger partial charge in [-0.15, -0.1) is 5.10 Å². The van der Waals surface area contributed by atoms with Crippen molar-refractivity contribution in [2.75, 3.05) is 0 Å². The highest BCUT2D eigenvalue weighted by atomic mass is 32.2. The normalized spacial score (nSPS) is 10.2. The molecule has 0 unspecified atom stereocenters. The molecule has 0 fully saturated rings. The quantitative estimate of drug-likeness (QED) is 0.822. The van der Waals surface area contributed by atoms with Crippen LogP contribution in [0.25, 0.3) is 0 Å². The summed E-state index contributed by atoms with van der Waals surface area (Å²) >= 11 is 1.10. The van der Waals surface area contributed by atoms with Crippen molar-refractivity contribution >= 4 is 17.7 Å². The molecule has 0 radical (unpaired) electrons. The summed E-state index contributed by atoms with van der Waals surface area (Å²) in [6.07, 6.45) is 0. The van der Waals surface area contributed by atoms with Gasteiger partial charge in [0.1, 0.15) is 12.4 Å². The SMILES string of the molecule is N#Cc1ccc(F)c(CSc2nnnn2CC(=O)O)c1. The van der Waals surface area contributed by atoms with Gasteiger partial charge >= 0.3 is 5.97 Å². The summed E-state index contributed by atoms with van der Waals surface area (Å²) in [4.78, 5) is 10.6. The summed E-state index contributed by atoms with van der Waals surface area (Å²) in [6.45, 7) is -0.365. The molecule has 0 aliphatic heterocycles. The average molecular weight is 293 g/mol. The summed E-state index contributed by atoms with van der Waals surface area (Å²) in [6, 6.07) is 5.97. The molecule has 0 atom stereocenters. The molecule has 2 aromatic rings. The van der Waals surface area contributed by atoms with Crippen molar-refractivity contribution < 1.29 is 14.3 Å². The Morgan fingerprint density at radius 3 is 3.05 bits per heavy atom. The molecule has 0 amide bonds. The van der Waals surface area contributed by atoms with Crippen LogP contribution in [-0.2, 0) is 17.1 Å². The number of nitriles is 1. The minimum Gasteiger partial charge on any atom is -0.480 e. The van der Waals surface area contributed by atoms with Crippen molar-refractivity contribution in [3.05, 3.63) is 35.1 Å². The van der Waals surface area contributed by atoms with E-state index in [-0.39, 0.29) is 17.5 Å². The first-order valence-corrected chi connectivity index (χ1v) is 6.38. The van der Waals surface area contributed by atoms with Crippen LogP contribution in [0, 0.1) is 17.1 Å². The number of hydrogen-bond acceptors (Lipinski definition) is 6. The van der Waals surface area contributed by atoms with Gasteiger partial charge in [-0.05, 0) is 34.2 Å². The minimum atomic E-state index is -1.07. The molecule has 1 aromatic carbocycles. The number of aliphatic carboxylic acids is 1. The van der Waals surface area contributed by atoms with Crippen molar-refractivity contribution in [2.24, 2.45) is 0 Å². The highest BCUT2D eigenvalue weighted by Gasteiger charge is 2.12. The molecular weight excluding hydrogens is 285 g/mol. The fraction of sp³-hybridized carbons (Fsp3) is 0.182. The van der Waals surface area contributed by atoms with E-state index in [1.54, 1.807) is 0 Å². The monoisotopic (exact) mass is 293 g/mol. The minimum absolute atomic E-state index is 0.196. The summed E-state index contributed by atoms with van der Waals surface area (Å²) in [5, 5.41) is 28.3. The van der Waals surface area contributed by atoms with Gasteiger partial charge < -0.3 is 5.11 Å². The number of hydrogen-bond donors (Lipinski definition) is 1. The Balaban J connectivity index is 2.11. The van der Waals surface area contributed by atoms with Gasteiger partial charge in [0, 0.05) is 5.75 Å². The van der Waals surface area contributed by atoms with Crippen LogP contribution >= 0.6 is 11.8 Å². The van der Waals surface area contributed by atoms with Gasteiger partial charge in [-0.1, -0.05) is 11.8 Å². The molecule has 102 valence electrons. The van der Waals surface area contributed by atoms with E-state index >= 15 is 0 Å². The number of thioether (sulfide) groups is 1. The fourth-order valence-corrected chi connectivity index (χ4v) is 2.27. The number of benzene rings is 1. The van der Waals surface area contributed by atoms with Gasteiger partial charge in [-0.3, -0.25) is 4.79 Å². The van der Waals surface area contributed by atoms with Gasteiger partial charge in [0.2, 0.25) is 5.16 Å². The second kappa shape index (κ2) is 6.12. The van der Waals surface area contributed by atoms with Crippen LogP contribution in [0.1, 0.15) is 11.1 Å². The molecular formula is C11H8FN5O2S. The Kier molecular flexibility index (Phi) is 4.27. The van der Waals surface area contributed by atoms with Gasteiger partial charge in [0.25, 0.3) is 0 Å². The lowest BCUT2D eigenvalue weighted by molar-refractivity contribution is -0.138. The lowest BCUT2D eigenvalue weighted by atomic mass is 10.1. The maximum absolute atomic E-state index is 13.6. The van der Waals surface area contributed by atoms with Crippen molar-refractivity contribution in [1.82, 2.24) is 20.2 Å². The molecule has 0 aliphatic rings. The van der Waals surface area contributed by atoms with Crippen LogP contribution in [0.5, 0.6) is 0 Å². The van der Waals surface area contributed by atoms with E-state index in [1.807, 2.05) is 6.07 Å². The summed E-state index contributed by atoms with van der Waals surface area (Å²) in [5.41, 5.74) is 0.686. The van der Waals surface area contributed by atoms with E-state index in [4.69, 9.17) is 10.4 Å². The summed E-state index contributed by atoms with van der Waals surface area (Å²) in [5.74, 6) is -1.31. The first-order chi connectivity index (χ1) is 9.60. The van der Waals surface area contributed by atoms with Gasteiger partial charge in [-0.2, -0.15) is 5.26 Å². The second-order valence-electron chi connectivity index (χ2n) is 3.72. The van der Waals surface area contributed by atoms with Crippen LogP contribution in [-0.4, -0.2) is 31.3 Å². The number of tetrazole rings is 1. The van der Waals surface area contributed by atoms with Gasteiger partial charge in [-0.25, -0.2) is 9.07 Å². The highest BCUT2D eigenvalue weighted by molar-refractivity contribution is 7.98. The lowest BCUT2D eigenvalue weighted by Gasteiger charge is -2.03. The first-order valence-electron chi connectivity index (χ1n) is 5.39. The number of nitrogens with zero attached hydrogens (tertiary/aromatic N) is 5. The molecule has 0 bridgehead atoms. The summed E-state index contributed by atoms with van der Waals surface area (Å²) in [7, 11) is 0. The van der Waals surface area contributed by atoms with Crippen LogP contribution in [0.15, 0.2) is 23.4 Å². The Morgan fingerprint density at radius 2 is 2.35 bits per heavy atom. The van der Waals surface area contributed by atoms with Crippen LogP contribution < -0.4 is 0 Å². The van der Waals surface area contributed by atoms with Crippen molar-refractivity contribution in [3.63, 3.8) is 0 Å². The third-order valence-corrected chi connectivity index (χ3v) is 3.32. The third-order valence-electron chi connectivity index (χ3n) is 2.32. The fourth-order valence-electron chi connectivity index (χ4n) is 1.42. The standard InChI is InChI=1S/C11H8FN5O2S/c12-9-2-1-7(4-13)3-8(9)6-20-11-14-15-16-17(11)5-10(18)19/h1-3H,5-6H2,(H,18,19). The van der Waals surface area contributed by atoms with E-state index in [2.05, 4.69) is 15.5 Å². The van der Waals surface area contributed by atoms with E-state index in [9.17, 15) is 9.18 Å². The van der Waals surface area contributed by atoms with Gasteiger partial charge in [0.15, 0.2) is 0 Å². The zero-order chi connectivity index (χ0) is 14.5.